The third-order valence-corrected chi connectivity index (χ3v) is 2.76. The quantitative estimate of drug-likeness (QED) is 0.650. The lowest BCUT2D eigenvalue weighted by molar-refractivity contribution is -0.385. The maximum atomic E-state index is 10.5. The zero-order chi connectivity index (χ0) is 13.9. The van der Waals surface area contributed by atoms with Crippen molar-refractivity contribution in [2.45, 2.75) is 25.6 Å². The summed E-state index contributed by atoms with van der Waals surface area (Å²) >= 11 is 0. The van der Waals surface area contributed by atoms with E-state index in [1.54, 1.807) is 0 Å². The van der Waals surface area contributed by atoms with Crippen molar-refractivity contribution in [1.29, 1.82) is 0 Å². The fourth-order valence-electron chi connectivity index (χ4n) is 1.91. The first-order chi connectivity index (χ1) is 8.96. The van der Waals surface area contributed by atoms with Gasteiger partial charge in [-0.25, -0.2) is 4.98 Å². The molecule has 0 amide bonds. The standard InChI is InChI=1S/C12H17N3O4/c1-12(2)8-13-6-10(19-12)7-18-11-4-3-9(5-14-11)15(16)17/h3-5,10,13H,6-8H2,1-2H3. The van der Waals surface area contributed by atoms with Crippen LogP contribution in [0.2, 0.25) is 0 Å². The van der Waals surface area contributed by atoms with Gasteiger partial charge in [0.25, 0.3) is 5.69 Å². The molecule has 1 aliphatic rings. The molecule has 0 aliphatic carbocycles. The molecule has 0 saturated carbocycles. The highest BCUT2D eigenvalue weighted by Gasteiger charge is 2.28. The maximum absolute atomic E-state index is 10.5. The average Bonchev–Trinajstić information content (AvgIpc) is 2.36. The molecule has 1 unspecified atom stereocenters. The van der Waals surface area contributed by atoms with E-state index in [-0.39, 0.29) is 17.4 Å². The summed E-state index contributed by atoms with van der Waals surface area (Å²) in [5.41, 5.74) is -0.265. The number of morpholine rings is 1. The molecule has 7 heteroatoms. The number of nitro groups is 1. The SMILES string of the molecule is CC1(C)CNCC(COc2ccc([N+](=O)[O-])cn2)O1. The third kappa shape index (κ3) is 3.87. The Bertz CT molecular complexity index is 447. The first kappa shape index (κ1) is 13.7. The summed E-state index contributed by atoms with van der Waals surface area (Å²) in [5.74, 6) is 0.359. The van der Waals surface area contributed by atoms with Crippen LogP contribution >= 0.6 is 0 Å². The van der Waals surface area contributed by atoms with E-state index in [1.807, 2.05) is 13.8 Å². The lowest BCUT2D eigenvalue weighted by Crippen LogP contribution is -2.52. The Balaban J connectivity index is 1.86. The summed E-state index contributed by atoms with van der Waals surface area (Å²) in [5, 5.41) is 13.8. The van der Waals surface area contributed by atoms with Crippen molar-refractivity contribution >= 4 is 5.69 Å². The van der Waals surface area contributed by atoms with Gasteiger partial charge in [-0.2, -0.15) is 0 Å². The Hall–Kier alpha value is -1.73. The lowest BCUT2D eigenvalue weighted by atomic mass is 10.1. The van der Waals surface area contributed by atoms with Gasteiger partial charge in [-0.3, -0.25) is 10.1 Å². The van der Waals surface area contributed by atoms with Crippen LogP contribution < -0.4 is 10.1 Å². The van der Waals surface area contributed by atoms with Gasteiger partial charge in [0, 0.05) is 25.2 Å². The van der Waals surface area contributed by atoms with Crippen LogP contribution in [-0.2, 0) is 4.74 Å². The van der Waals surface area contributed by atoms with Crippen LogP contribution in [0, 0.1) is 10.1 Å². The van der Waals surface area contributed by atoms with Crippen molar-refractivity contribution in [3.63, 3.8) is 0 Å². The van der Waals surface area contributed by atoms with E-state index in [2.05, 4.69) is 10.3 Å². The van der Waals surface area contributed by atoms with Gasteiger partial charge in [0.05, 0.1) is 10.5 Å². The second kappa shape index (κ2) is 5.50. The second-order valence-corrected chi connectivity index (χ2v) is 5.05. The highest BCUT2D eigenvalue weighted by molar-refractivity contribution is 5.28. The molecule has 2 heterocycles. The summed E-state index contributed by atoms with van der Waals surface area (Å²) in [6.07, 6.45) is 1.12. The van der Waals surface area contributed by atoms with Gasteiger partial charge in [0.1, 0.15) is 18.9 Å². The van der Waals surface area contributed by atoms with E-state index in [9.17, 15) is 10.1 Å². The van der Waals surface area contributed by atoms with Gasteiger partial charge in [-0.1, -0.05) is 0 Å². The zero-order valence-corrected chi connectivity index (χ0v) is 11.0. The van der Waals surface area contributed by atoms with Crippen LogP contribution in [0.5, 0.6) is 5.88 Å². The minimum atomic E-state index is -0.493. The van der Waals surface area contributed by atoms with Crippen LogP contribution in [-0.4, -0.2) is 41.3 Å². The molecule has 104 valence electrons. The molecule has 1 aromatic rings. The molecular weight excluding hydrogens is 250 g/mol. The first-order valence-electron chi connectivity index (χ1n) is 6.08. The molecule has 1 saturated heterocycles. The fraction of sp³-hybridized carbons (Fsp3) is 0.583. The first-order valence-corrected chi connectivity index (χ1v) is 6.08. The predicted molar refractivity (Wildman–Crippen MR) is 68.2 cm³/mol. The Morgan fingerprint density at radius 1 is 1.63 bits per heavy atom. The van der Waals surface area contributed by atoms with Crippen LogP contribution in [0.25, 0.3) is 0 Å². The van der Waals surface area contributed by atoms with E-state index in [0.29, 0.717) is 12.5 Å². The monoisotopic (exact) mass is 267 g/mol. The van der Waals surface area contributed by atoms with Gasteiger partial charge in [-0.15, -0.1) is 0 Å². The molecule has 1 aliphatic heterocycles. The predicted octanol–water partition coefficient (Wildman–Crippen LogP) is 1.14. The molecule has 1 N–H and O–H groups in total. The normalized spacial score (nSPS) is 21.9. The highest BCUT2D eigenvalue weighted by Crippen LogP contribution is 2.17. The number of hydrogen-bond donors (Lipinski definition) is 1. The Morgan fingerprint density at radius 2 is 2.42 bits per heavy atom. The Morgan fingerprint density at radius 3 is 3.00 bits per heavy atom. The third-order valence-electron chi connectivity index (χ3n) is 2.76. The molecule has 1 atom stereocenters. The number of ether oxygens (including phenoxy) is 2. The number of aromatic nitrogens is 1. The number of nitrogens with one attached hydrogen (secondary N) is 1. The Kier molecular flexibility index (Phi) is 3.96. The minimum Gasteiger partial charge on any atom is -0.475 e. The summed E-state index contributed by atoms with van der Waals surface area (Å²) in [7, 11) is 0. The van der Waals surface area contributed by atoms with Gasteiger partial charge in [-0.05, 0) is 13.8 Å². The van der Waals surface area contributed by atoms with Crippen molar-refractivity contribution in [2.24, 2.45) is 0 Å². The second-order valence-electron chi connectivity index (χ2n) is 5.05. The summed E-state index contributed by atoms with van der Waals surface area (Å²) < 4.78 is 11.3. The summed E-state index contributed by atoms with van der Waals surface area (Å²) in [6.45, 7) is 5.91. The van der Waals surface area contributed by atoms with Gasteiger partial charge >= 0.3 is 0 Å². The fourth-order valence-corrected chi connectivity index (χ4v) is 1.91. The van der Waals surface area contributed by atoms with E-state index < -0.39 is 4.92 Å². The largest absolute Gasteiger partial charge is 0.475 e. The summed E-state index contributed by atoms with van der Waals surface area (Å²) in [6, 6.07) is 2.85. The number of hydrogen-bond acceptors (Lipinski definition) is 6. The van der Waals surface area contributed by atoms with E-state index in [4.69, 9.17) is 9.47 Å². The highest BCUT2D eigenvalue weighted by atomic mass is 16.6. The number of pyridine rings is 1. The molecule has 0 spiro atoms. The Labute approximate surface area is 111 Å². The number of nitrogens with zero attached hydrogens (tertiary/aromatic N) is 2. The van der Waals surface area contributed by atoms with E-state index in [0.717, 1.165) is 13.1 Å². The van der Waals surface area contributed by atoms with Crippen LogP contribution in [0.3, 0.4) is 0 Å². The van der Waals surface area contributed by atoms with Crippen molar-refractivity contribution in [3.05, 3.63) is 28.4 Å². The molecule has 1 aromatic heterocycles. The average molecular weight is 267 g/mol. The van der Waals surface area contributed by atoms with Crippen LogP contribution in [0.4, 0.5) is 5.69 Å². The smallest absolute Gasteiger partial charge is 0.287 e. The van der Waals surface area contributed by atoms with Gasteiger partial charge in [0.15, 0.2) is 0 Å². The van der Waals surface area contributed by atoms with Crippen LogP contribution in [0.1, 0.15) is 13.8 Å². The van der Waals surface area contributed by atoms with Crippen molar-refractivity contribution in [2.75, 3.05) is 19.7 Å². The molecule has 1 fully saturated rings. The lowest BCUT2D eigenvalue weighted by Gasteiger charge is -2.36. The molecule has 2 rings (SSSR count). The molecular formula is C12H17N3O4. The topological polar surface area (TPSA) is 86.5 Å². The van der Waals surface area contributed by atoms with Crippen molar-refractivity contribution < 1.29 is 14.4 Å². The zero-order valence-electron chi connectivity index (χ0n) is 11.0. The molecule has 0 aromatic carbocycles. The van der Waals surface area contributed by atoms with Gasteiger partial charge < -0.3 is 14.8 Å². The van der Waals surface area contributed by atoms with Gasteiger partial charge in [0.2, 0.25) is 5.88 Å². The van der Waals surface area contributed by atoms with Crippen molar-refractivity contribution in [3.8, 4) is 5.88 Å². The number of rotatable bonds is 4. The van der Waals surface area contributed by atoms with Crippen LogP contribution in [0.15, 0.2) is 18.3 Å². The minimum absolute atomic E-state index is 0.0518. The van der Waals surface area contributed by atoms with E-state index >= 15 is 0 Å². The van der Waals surface area contributed by atoms with Crippen molar-refractivity contribution in [1.82, 2.24) is 10.3 Å². The molecule has 0 bridgehead atoms. The molecule has 19 heavy (non-hydrogen) atoms. The summed E-state index contributed by atoms with van der Waals surface area (Å²) in [4.78, 5) is 13.9. The molecule has 0 radical (unpaired) electrons. The maximum Gasteiger partial charge on any atom is 0.287 e. The molecule has 7 nitrogen and oxygen atoms in total. The van der Waals surface area contributed by atoms with E-state index in [1.165, 1.54) is 18.3 Å².